The number of fused-ring (bicyclic) bond motifs is 1. The molecule has 0 radical (unpaired) electrons. The standard InChI is InChI=1S/C27H39N5O4S2/c1-6-21(7-2)32-24-11-10-20(15-23(24)30-25(32)16-22-9-8-14-37-22)27(34)28-17-26(33)31(18-19(3)4)13-12-29-38(5,35)36/h8-11,14-15,19,21,29H,6-7,12-13,16-18H2,1-5H3,(H,28,34). The van der Waals surface area contributed by atoms with E-state index in [4.69, 9.17) is 4.98 Å². The minimum Gasteiger partial charge on any atom is -0.343 e. The van der Waals surface area contributed by atoms with Crippen LogP contribution in [0.15, 0.2) is 35.7 Å². The number of hydrogen-bond acceptors (Lipinski definition) is 6. The molecule has 9 nitrogen and oxygen atoms in total. The Morgan fingerprint density at radius 1 is 1.16 bits per heavy atom. The molecule has 0 fully saturated rings. The number of amides is 2. The molecule has 2 N–H and O–H groups in total. The largest absolute Gasteiger partial charge is 0.343 e. The first-order valence-electron chi connectivity index (χ1n) is 13.1. The summed E-state index contributed by atoms with van der Waals surface area (Å²) in [4.78, 5) is 33.5. The Kier molecular flexibility index (Phi) is 10.5. The summed E-state index contributed by atoms with van der Waals surface area (Å²) in [7, 11) is -3.34. The molecule has 3 aromatic rings. The van der Waals surface area contributed by atoms with Crippen LogP contribution in [0, 0.1) is 5.92 Å². The maximum atomic E-state index is 13.0. The molecule has 0 saturated heterocycles. The van der Waals surface area contributed by atoms with Crippen LogP contribution in [-0.4, -0.2) is 67.1 Å². The van der Waals surface area contributed by atoms with Crippen LogP contribution < -0.4 is 10.0 Å². The van der Waals surface area contributed by atoms with Crippen molar-refractivity contribution in [2.45, 2.75) is 53.0 Å². The van der Waals surface area contributed by atoms with E-state index in [9.17, 15) is 18.0 Å². The average molecular weight is 562 g/mol. The van der Waals surface area contributed by atoms with Crippen LogP contribution in [-0.2, 0) is 21.2 Å². The minimum absolute atomic E-state index is 0.120. The van der Waals surface area contributed by atoms with E-state index >= 15 is 0 Å². The maximum absolute atomic E-state index is 13.0. The maximum Gasteiger partial charge on any atom is 0.251 e. The van der Waals surface area contributed by atoms with E-state index in [1.165, 1.54) is 4.88 Å². The first-order chi connectivity index (χ1) is 18.0. The number of benzene rings is 1. The van der Waals surface area contributed by atoms with Crippen molar-refractivity contribution in [3.05, 3.63) is 52.0 Å². The zero-order valence-electron chi connectivity index (χ0n) is 22.9. The van der Waals surface area contributed by atoms with Gasteiger partial charge in [-0.05, 0) is 48.4 Å². The lowest BCUT2D eigenvalue weighted by Gasteiger charge is -2.24. The van der Waals surface area contributed by atoms with Gasteiger partial charge < -0.3 is 14.8 Å². The van der Waals surface area contributed by atoms with Crippen LogP contribution in [0.2, 0.25) is 0 Å². The van der Waals surface area contributed by atoms with Crippen molar-refractivity contribution < 1.29 is 18.0 Å². The fraction of sp³-hybridized carbons (Fsp3) is 0.519. The number of carbonyl (C=O) groups is 2. The number of thiophene rings is 1. The van der Waals surface area contributed by atoms with Gasteiger partial charge in [0.15, 0.2) is 0 Å². The van der Waals surface area contributed by atoms with Gasteiger partial charge in [-0.15, -0.1) is 11.3 Å². The predicted octanol–water partition coefficient (Wildman–Crippen LogP) is 3.81. The monoisotopic (exact) mass is 561 g/mol. The van der Waals surface area contributed by atoms with Crippen LogP contribution in [0.3, 0.4) is 0 Å². The molecule has 2 heterocycles. The van der Waals surface area contributed by atoms with E-state index in [0.717, 1.165) is 42.4 Å². The number of nitrogens with zero attached hydrogens (tertiary/aromatic N) is 3. The minimum atomic E-state index is -3.34. The number of rotatable bonds is 14. The fourth-order valence-electron chi connectivity index (χ4n) is 4.54. The Morgan fingerprint density at radius 2 is 1.89 bits per heavy atom. The number of hydrogen-bond donors (Lipinski definition) is 2. The van der Waals surface area contributed by atoms with Gasteiger partial charge in [-0.3, -0.25) is 9.59 Å². The van der Waals surface area contributed by atoms with Crippen LogP contribution in [0.25, 0.3) is 11.0 Å². The van der Waals surface area contributed by atoms with Crippen LogP contribution in [0.5, 0.6) is 0 Å². The summed E-state index contributed by atoms with van der Waals surface area (Å²) < 4.78 is 27.4. The molecule has 0 saturated carbocycles. The Morgan fingerprint density at radius 3 is 2.50 bits per heavy atom. The van der Waals surface area contributed by atoms with E-state index in [1.807, 2.05) is 26.0 Å². The average Bonchev–Trinajstić information content (AvgIpc) is 3.49. The number of sulfonamides is 1. The predicted molar refractivity (Wildman–Crippen MR) is 153 cm³/mol. The molecule has 11 heteroatoms. The van der Waals surface area contributed by atoms with Crippen LogP contribution >= 0.6 is 11.3 Å². The molecule has 0 aliphatic carbocycles. The molecule has 0 aliphatic heterocycles. The van der Waals surface area contributed by atoms with Gasteiger partial charge >= 0.3 is 0 Å². The Bertz CT molecular complexity index is 1330. The van der Waals surface area contributed by atoms with Crippen molar-refractivity contribution in [1.29, 1.82) is 0 Å². The molecule has 2 amide bonds. The topological polar surface area (TPSA) is 113 Å². The van der Waals surface area contributed by atoms with Gasteiger partial charge in [-0.1, -0.05) is 33.8 Å². The molecule has 0 unspecified atom stereocenters. The summed E-state index contributed by atoms with van der Waals surface area (Å²) >= 11 is 1.71. The van der Waals surface area contributed by atoms with Crippen molar-refractivity contribution in [2.75, 3.05) is 32.4 Å². The number of imidazole rings is 1. The summed E-state index contributed by atoms with van der Waals surface area (Å²) in [6.45, 7) is 8.94. The molecule has 2 aromatic heterocycles. The lowest BCUT2D eigenvalue weighted by molar-refractivity contribution is -0.130. The summed E-state index contributed by atoms with van der Waals surface area (Å²) in [5.74, 6) is 0.565. The van der Waals surface area contributed by atoms with E-state index < -0.39 is 10.0 Å². The first kappa shape index (κ1) is 29.8. The highest BCUT2D eigenvalue weighted by atomic mass is 32.2. The second-order valence-corrected chi connectivity index (χ2v) is 12.8. The molecule has 0 spiro atoms. The van der Waals surface area contributed by atoms with Gasteiger partial charge in [-0.25, -0.2) is 18.1 Å². The zero-order valence-corrected chi connectivity index (χ0v) is 24.5. The van der Waals surface area contributed by atoms with Gasteiger partial charge in [0.05, 0.1) is 23.8 Å². The summed E-state index contributed by atoms with van der Waals surface area (Å²) in [5, 5.41) is 4.79. The Labute approximate surface area is 229 Å². The molecular weight excluding hydrogens is 522 g/mol. The van der Waals surface area contributed by atoms with Gasteiger partial charge in [0, 0.05) is 42.5 Å². The highest BCUT2D eigenvalue weighted by molar-refractivity contribution is 7.88. The van der Waals surface area contributed by atoms with Crippen molar-refractivity contribution in [2.24, 2.45) is 5.92 Å². The normalized spacial score (nSPS) is 12.0. The molecular formula is C27H39N5O4S2. The van der Waals surface area contributed by atoms with Gasteiger partial charge in [-0.2, -0.15) is 0 Å². The molecule has 208 valence electrons. The van der Waals surface area contributed by atoms with E-state index in [1.54, 1.807) is 28.4 Å². The molecule has 0 atom stereocenters. The van der Waals surface area contributed by atoms with Gasteiger partial charge in [0.1, 0.15) is 5.82 Å². The van der Waals surface area contributed by atoms with Gasteiger partial charge in [0.25, 0.3) is 5.91 Å². The summed E-state index contributed by atoms with van der Waals surface area (Å²) in [5.41, 5.74) is 2.20. The Balaban J connectivity index is 1.75. The lowest BCUT2D eigenvalue weighted by atomic mass is 10.1. The number of nitrogens with one attached hydrogen (secondary N) is 2. The fourth-order valence-corrected chi connectivity index (χ4v) is 5.70. The van der Waals surface area contributed by atoms with E-state index in [2.05, 4.69) is 39.9 Å². The third kappa shape index (κ3) is 8.12. The van der Waals surface area contributed by atoms with E-state index in [-0.39, 0.29) is 37.4 Å². The van der Waals surface area contributed by atoms with Crippen LogP contribution in [0.1, 0.15) is 67.6 Å². The highest BCUT2D eigenvalue weighted by Gasteiger charge is 2.20. The summed E-state index contributed by atoms with van der Waals surface area (Å²) in [6, 6.07) is 9.97. The van der Waals surface area contributed by atoms with E-state index in [0.29, 0.717) is 18.2 Å². The van der Waals surface area contributed by atoms with Crippen molar-refractivity contribution in [3.63, 3.8) is 0 Å². The molecule has 0 bridgehead atoms. The third-order valence-electron chi connectivity index (χ3n) is 6.33. The second kappa shape index (κ2) is 13.3. The molecule has 1 aromatic carbocycles. The molecule has 38 heavy (non-hydrogen) atoms. The van der Waals surface area contributed by atoms with Gasteiger partial charge in [0.2, 0.25) is 15.9 Å². The smallest absolute Gasteiger partial charge is 0.251 e. The second-order valence-electron chi connectivity index (χ2n) is 9.91. The lowest BCUT2D eigenvalue weighted by Crippen LogP contribution is -2.45. The number of carbonyl (C=O) groups excluding carboxylic acids is 2. The Hall–Kier alpha value is -2.76. The van der Waals surface area contributed by atoms with Crippen molar-refractivity contribution in [1.82, 2.24) is 24.5 Å². The first-order valence-corrected chi connectivity index (χ1v) is 15.8. The zero-order chi connectivity index (χ0) is 27.9. The SMILES string of the molecule is CCC(CC)n1c(Cc2cccs2)nc2cc(C(=O)NCC(=O)N(CCNS(C)(=O)=O)CC(C)C)ccc21. The van der Waals surface area contributed by atoms with Crippen molar-refractivity contribution in [3.8, 4) is 0 Å². The summed E-state index contributed by atoms with van der Waals surface area (Å²) in [6.07, 6.45) is 3.78. The highest BCUT2D eigenvalue weighted by Crippen LogP contribution is 2.28. The molecule has 0 aliphatic rings. The quantitative estimate of drug-likeness (QED) is 0.311. The van der Waals surface area contributed by atoms with Crippen molar-refractivity contribution >= 4 is 44.2 Å². The molecule has 3 rings (SSSR count). The number of aromatic nitrogens is 2. The third-order valence-corrected chi connectivity index (χ3v) is 7.93. The van der Waals surface area contributed by atoms with Crippen LogP contribution in [0.4, 0.5) is 0 Å².